The van der Waals surface area contributed by atoms with E-state index in [0.29, 0.717) is 19.4 Å². The SMILES string of the molecule is CN(CCCC(N)C(=O)NC1Cc2ccccc2C1)C(=O)OC(C)(C)C. The predicted molar refractivity (Wildman–Crippen MR) is 102 cm³/mol. The minimum Gasteiger partial charge on any atom is -0.444 e. The molecule has 0 aliphatic heterocycles. The molecule has 1 aliphatic rings. The molecule has 1 aromatic carbocycles. The summed E-state index contributed by atoms with van der Waals surface area (Å²) >= 11 is 0. The summed E-state index contributed by atoms with van der Waals surface area (Å²) in [6.07, 6.45) is 2.53. The van der Waals surface area contributed by atoms with Crippen molar-refractivity contribution in [3.05, 3.63) is 35.4 Å². The zero-order valence-corrected chi connectivity index (χ0v) is 16.2. The van der Waals surface area contributed by atoms with Crippen molar-refractivity contribution in [2.24, 2.45) is 5.73 Å². The largest absolute Gasteiger partial charge is 0.444 e. The summed E-state index contributed by atoms with van der Waals surface area (Å²) in [7, 11) is 1.69. The van der Waals surface area contributed by atoms with Crippen LogP contribution in [-0.4, -0.2) is 48.2 Å². The van der Waals surface area contributed by atoms with E-state index >= 15 is 0 Å². The Morgan fingerprint density at radius 3 is 2.38 bits per heavy atom. The van der Waals surface area contributed by atoms with E-state index in [4.69, 9.17) is 10.5 Å². The molecule has 1 atom stereocenters. The number of carbonyl (C=O) groups is 2. The third-order valence-electron chi connectivity index (χ3n) is 4.45. The lowest BCUT2D eigenvalue weighted by atomic mass is 10.1. The molecule has 2 amide bonds. The second-order valence-electron chi connectivity index (χ2n) is 8.03. The van der Waals surface area contributed by atoms with E-state index in [1.165, 1.54) is 16.0 Å². The Morgan fingerprint density at radius 1 is 1.27 bits per heavy atom. The summed E-state index contributed by atoms with van der Waals surface area (Å²) in [6, 6.07) is 7.81. The maximum Gasteiger partial charge on any atom is 0.410 e. The van der Waals surface area contributed by atoms with Crippen molar-refractivity contribution in [3.63, 3.8) is 0 Å². The topological polar surface area (TPSA) is 84.7 Å². The summed E-state index contributed by atoms with van der Waals surface area (Å²) in [5.74, 6) is -0.122. The van der Waals surface area contributed by atoms with Crippen molar-refractivity contribution >= 4 is 12.0 Å². The van der Waals surface area contributed by atoms with Crippen LogP contribution >= 0.6 is 0 Å². The van der Waals surface area contributed by atoms with Crippen molar-refractivity contribution in [2.75, 3.05) is 13.6 Å². The average molecular weight is 361 g/mol. The Bertz CT molecular complexity index is 614. The summed E-state index contributed by atoms with van der Waals surface area (Å²) in [4.78, 5) is 25.7. The number of hydrogen-bond donors (Lipinski definition) is 2. The molecule has 1 unspecified atom stereocenters. The van der Waals surface area contributed by atoms with Crippen LogP contribution in [0.3, 0.4) is 0 Å². The highest BCUT2D eigenvalue weighted by atomic mass is 16.6. The van der Waals surface area contributed by atoms with Gasteiger partial charge in [0.25, 0.3) is 0 Å². The molecule has 6 heteroatoms. The number of benzene rings is 1. The molecule has 0 bridgehead atoms. The number of nitrogens with one attached hydrogen (secondary N) is 1. The number of nitrogens with zero attached hydrogens (tertiary/aromatic N) is 1. The molecule has 0 radical (unpaired) electrons. The van der Waals surface area contributed by atoms with Gasteiger partial charge in [0.05, 0.1) is 6.04 Å². The van der Waals surface area contributed by atoms with Crippen molar-refractivity contribution < 1.29 is 14.3 Å². The standard InChI is InChI=1S/C20H31N3O3/c1-20(2,3)26-19(25)23(4)11-7-10-17(21)18(24)22-16-12-14-8-5-6-9-15(14)13-16/h5-6,8-9,16-17H,7,10-13,21H2,1-4H3,(H,22,24). The maximum absolute atomic E-state index is 12.3. The first-order valence-electron chi connectivity index (χ1n) is 9.22. The number of hydrogen-bond acceptors (Lipinski definition) is 4. The first-order valence-corrected chi connectivity index (χ1v) is 9.22. The van der Waals surface area contributed by atoms with Crippen LogP contribution in [0.25, 0.3) is 0 Å². The van der Waals surface area contributed by atoms with Gasteiger partial charge in [-0.1, -0.05) is 24.3 Å². The number of amides is 2. The van der Waals surface area contributed by atoms with Crippen LogP contribution in [0.2, 0.25) is 0 Å². The number of ether oxygens (including phenoxy) is 1. The number of rotatable bonds is 6. The quantitative estimate of drug-likeness (QED) is 0.814. The Kier molecular flexibility index (Phi) is 6.64. The Hall–Kier alpha value is -2.08. The van der Waals surface area contributed by atoms with E-state index in [-0.39, 0.29) is 18.0 Å². The lowest BCUT2D eigenvalue weighted by Crippen LogP contribution is -2.46. The van der Waals surface area contributed by atoms with Gasteiger partial charge in [0, 0.05) is 19.6 Å². The average Bonchev–Trinajstić information content (AvgIpc) is 2.95. The van der Waals surface area contributed by atoms with Gasteiger partial charge in [0.2, 0.25) is 5.91 Å². The van der Waals surface area contributed by atoms with Gasteiger partial charge in [-0.05, 0) is 57.6 Å². The van der Waals surface area contributed by atoms with E-state index in [2.05, 4.69) is 17.4 Å². The Balaban J connectivity index is 1.69. The van der Waals surface area contributed by atoms with Crippen LogP contribution in [0.5, 0.6) is 0 Å². The molecular weight excluding hydrogens is 330 g/mol. The second kappa shape index (κ2) is 8.54. The molecule has 3 N–H and O–H groups in total. The number of fused-ring (bicyclic) bond motifs is 1. The molecule has 6 nitrogen and oxygen atoms in total. The summed E-state index contributed by atoms with van der Waals surface area (Å²) in [5.41, 5.74) is 8.10. The zero-order valence-electron chi connectivity index (χ0n) is 16.2. The highest BCUT2D eigenvalue weighted by Gasteiger charge is 2.25. The third kappa shape index (κ3) is 6.02. The molecule has 0 aromatic heterocycles. The lowest BCUT2D eigenvalue weighted by molar-refractivity contribution is -0.123. The maximum atomic E-state index is 12.3. The van der Waals surface area contributed by atoms with Gasteiger partial charge in [-0.3, -0.25) is 4.79 Å². The van der Waals surface area contributed by atoms with E-state index < -0.39 is 11.6 Å². The fourth-order valence-corrected chi connectivity index (χ4v) is 3.08. The van der Waals surface area contributed by atoms with Crippen LogP contribution in [0.1, 0.15) is 44.7 Å². The fourth-order valence-electron chi connectivity index (χ4n) is 3.08. The van der Waals surface area contributed by atoms with Gasteiger partial charge >= 0.3 is 6.09 Å². The minimum atomic E-state index is -0.564. The lowest BCUT2D eigenvalue weighted by Gasteiger charge is -2.25. The van der Waals surface area contributed by atoms with Crippen LogP contribution in [-0.2, 0) is 22.4 Å². The molecule has 2 rings (SSSR count). The normalized spacial score (nSPS) is 15.3. The summed E-state index contributed by atoms with van der Waals surface area (Å²) in [6.45, 7) is 6.01. The third-order valence-corrected chi connectivity index (χ3v) is 4.45. The highest BCUT2D eigenvalue weighted by molar-refractivity contribution is 5.81. The van der Waals surface area contributed by atoms with Crippen LogP contribution in [0.15, 0.2) is 24.3 Å². The fraction of sp³-hybridized carbons (Fsp3) is 0.600. The van der Waals surface area contributed by atoms with Gasteiger partial charge in [0.1, 0.15) is 5.60 Å². The molecule has 0 saturated carbocycles. The van der Waals surface area contributed by atoms with Gasteiger partial charge in [-0.2, -0.15) is 0 Å². The van der Waals surface area contributed by atoms with Crippen LogP contribution < -0.4 is 11.1 Å². The summed E-state index contributed by atoms with van der Waals surface area (Å²) in [5, 5.41) is 3.05. The monoisotopic (exact) mass is 361 g/mol. The zero-order chi connectivity index (χ0) is 19.3. The molecule has 0 spiro atoms. The molecule has 26 heavy (non-hydrogen) atoms. The van der Waals surface area contributed by atoms with Gasteiger partial charge in [-0.25, -0.2) is 4.79 Å². The van der Waals surface area contributed by atoms with Crippen molar-refractivity contribution in [1.29, 1.82) is 0 Å². The Morgan fingerprint density at radius 2 is 1.85 bits per heavy atom. The first-order chi connectivity index (χ1) is 12.2. The Labute approximate surface area is 156 Å². The minimum absolute atomic E-state index is 0.121. The van der Waals surface area contributed by atoms with Crippen molar-refractivity contribution in [2.45, 2.75) is 64.1 Å². The van der Waals surface area contributed by atoms with E-state index in [0.717, 1.165) is 12.8 Å². The molecule has 1 aromatic rings. The van der Waals surface area contributed by atoms with E-state index in [1.54, 1.807) is 7.05 Å². The van der Waals surface area contributed by atoms with E-state index in [9.17, 15) is 9.59 Å². The van der Waals surface area contributed by atoms with Crippen LogP contribution in [0.4, 0.5) is 4.79 Å². The van der Waals surface area contributed by atoms with Gasteiger partial charge in [-0.15, -0.1) is 0 Å². The van der Waals surface area contributed by atoms with Crippen molar-refractivity contribution in [1.82, 2.24) is 10.2 Å². The first kappa shape index (κ1) is 20.2. The predicted octanol–water partition coefficient (Wildman–Crippen LogP) is 2.24. The molecule has 0 fully saturated rings. The highest BCUT2D eigenvalue weighted by Crippen LogP contribution is 2.21. The summed E-state index contributed by atoms with van der Waals surface area (Å²) < 4.78 is 5.30. The van der Waals surface area contributed by atoms with Crippen LogP contribution in [0, 0.1) is 0 Å². The van der Waals surface area contributed by atoms with Gasteiger partial charge in [0.15, 0.2) is 0 Å². The van der Waals surface area contributed by atoms with E-state index in [1.807, 2.05) is 32.9 Å². The molecule has 1 aliphatic carbocycles. The molecule has 144 valence electrons. The number of carbonyl (C=O) groups excluding carboxylic acids is 2. The molecule has 0 saturated heterocycles. The molecular formula is C20H31N3O3. The molecule has 0 heterocycles. The second-order valence-corrected chi connectivity index (χ2v) is 8.03. The van der Waals surface area contributed by atoms with Gasteiger partial charge < -0.3 is 20.7 Å². The number of nitrogens with two attached hydrogens (primary N) is 1. The smallest absolute Gasteiger partial charge is 0.410 e. The van der Waals surface area contributed by atoms with Crippen molar-refractivity contribution in [3.8, 4) is 0 Å².